The fraction of sp³-hybridized carbons (Fsp3) is 0.211. The summed E-state index contributed by atoms with van der Waals surface area (Å²) in [4.78, 5) is 32.0. The number of aromatic amines is 1. The number of amides is 1. The molecule has 140 valence electrons. The second-order valence-corrected chi connectivity index (χ2v) is 7.44. The van der Waals surface area contributed by atoms with Crippen molar-refractivity contribution in [3.63, 3.8) is 0 Å². The van der Waals surface area contributed by atoms with Gasteiger partial charge in [0.25, 0.3) is 0 Å². The highest BCUT2D eigenvalue weighted by Gasteiger charge is 2.16. The van der Waals surface area contributed by atoms with Crippen LogP contribution in [-0.4, -0.2) is 33.7 Å². The second-order valence-electron chi connectivity index (χ2n) is 6.04. The van der Waals surface area contributed by atoms with Gasteiger partial charge in [-0.15, -0.1) is 0 Å². The number of fused-ring (bicyclic) bond motifs is 1. The summed E-state index contributed by atoms with van der Waals surface area (Å²) in [6.07, 6.45) is -0.238. The molecule has 3 rings (SSSR count). The molecule has 8 heteroatoms. The molecular weight excluding hydrogens is 386 g/mol. The first-order valence-electron chi connectivity index (χ1n) is 8.30. The maximum atomic E-state index is 12.3. The van der Waals surface area contributed by atoms with Crippen molar-refractivity contribution < 1.29 is 14.3 Å². The van der Waals surface area contributed by atoms with E-state index in [2.05, 4.69) is 15.3 Å². The smallest absolute Gasteiger partial charge is 0.340 e. The lowest BCUT2D eigenvalue weighted by Gasteiger charge is -2.12. The second kappa shape index (κ2) is 8.45. The number of nitrogens with zero attached hydrogens (tertiary/aromatic N) is 1. The summed E-state index contributed by atoms with van der Waals surface area (Å²) in [5, 5.41) is 3.99. The summed E-state index contributed by atoms with van der Waals surface area (Å²) in [5.41, 5.74) is 2.34. The van der Waals surface area contributed by atoms with E-state index < -0.39 is 5.97 Å². The van der Waals surface area contributed by atoms with E-state index in [1.54, 1.807) is 50.2 Å². The fourth-order valence-electron chi connectivity index (χ4n) is 2.39. The average Bonchev–Trinajstić information content (AvgIpc) is 3.02. The van der Waals surface area contributed by atoms with Crippen LogP contribution in [0.2, 0.25) is 5.02 Å². The Morgan fingerprint density at radius 2 is 2.04 bits per heavy atom. The van der Waals surface area contributed by atoms with Gasteiger partial charge < -0.3 is 15.0 Å². The molecule has 0 fully saturated rings. The molecule has 0 atom stereocenters. The number of halogens is 1. The summed E-state index contributed by atoms with van der Waals surface area (Å²) >= 11 is 7.23. The van der Waals surface area contributed by atoms with Crippen molar-refractivity contribution in [1.82, 2.24) is 9.97 Å². The zero-order valence-electron chi connectivity index (χ0n) is 14.8. The minimum atomic E-state index is -0.470. The number of aromatic nitrogens is 2. The molecule has 0 radical (unpaired) electrons. The van der Waals surface area contributed by atoms with Crippen molar-refractivity contribution in [3.8, 4) is 0 Å². The van der Waals surface area contributed by atoms with Crippen molar-refractivity contribution >= 4 is 52.0 Å². The van der Waals surface area contributed by atoms with Crippen molar-refractivity contribution in [3.05, 3.63) is 53.1 Å². The minimum Gasteiger partial charge on any atom is -0.459 e. The molecule has 0 saturated carbocycles. The molecule has 27 heavy (non-hydrogen) atoms. The number of para-hydroxylation sites is 1. The number of anilines is 1. The summed E-state index contributed by atoms with van der Waals surface area (Å²) < 4.78 is 5.21. The van der Waals surface area contributed by atoms with Crippen LogP contribution in [0.3, 0.4) is 0 Å². The molecule has 6 nitrogen and oxygen atoms in total. The molecule has 1 amide bonds. The van der Waals surface area contributed by atoms with Gasteiger partial charge in [0.1, 0.15) is 0 Å². The van der Waals surface area contributed by atoms with Crippen LogP contribution in [-0.2, 0) is 9.53 Å². The summed E-state index contributed by atoms with van der Waals surface area (Å²) in [6, 6.07) is 12.1. The Balaban J connectivity index is 1.64. The van der Waals surface area contributed by atoms with Gasteiger partial charge in [-0.2, -0.15) is 0 Å². The molecular formula is C19H18ClN3O3S. The van der Waals surface area contributed by atoms with Gasteiger partial charge in [-0.25, -0.2) is 9.78 Å². The van der Waals surface area contributed by atoms with E-state index in [0.717, 1.165) is 11.0 Å². The molecule has 0 aliphatic rings. The van der Waals surface area contributed by atoms with Gasteiger partial charge in [0.15, 0.2) is 5.16 Å². The van der Waals surface area contributed by atoms with Crippen LogP contribution in [0.1, 0.15) is 24.2 Å². The van der Waals surface area contributed by atoms with Crippen LogP contribution in [0.15, 0.2) is 47.6 Å². The zero-order chi connectivity index (χ0) is 19.4. The number of nitrogens with one attached hydrogen (secondary N) is 2. The first-order valence-corrected chi connectivity index (χ1v) is 9.66. The Hall–Kier alpha value is -2.51. The molecule has 3 aromatic rings. The largest absolute Gasteiger partial charge is 0.459 e. The van der Waals surface area contributed by atoms with Crippen LogP contribution in [0.4, 0.5) is 5.69 Å². The lowest BCUT2D eigenvalue weighted by atomic mass is 10.2. The molecule has 0 unspecified atom stereocenters. The number of carbonyl (C=O) groups is 2. The van der Waals surface area contributed by atoms with E-state index in [1.165, 1.54) is 11.8 Å². The maximum Gasteiger partial charge on any atom is 0.340 e. The van der Waals surface area contributed by atoms with Crippen LogP contribution < -0.4 is 5.32 Å². The van der Waals surface area contributed by atoms with E-state index >= 15 is 0 Å². The maximum absolute atomic E-state index is 12.3. The third kappa shape index (κ3) is 5.02. The average molecular weight is 404 g/mol. The Labute approximate surface area is 165 Å². The number of H-pyrrole nitrogens is 1. The third-order valence-electron chi connectivity index (χ3n) is 3.53. The van der Waals surface area contributed by atoms with Gasteiger partial charge in [-0.05, 0) is 44.2 Å². The van der Waals surface area contributed by atoms with Crippen molar-refractivity contribution in [2.45, 2.75) is 25.1 Å². The van der Waals surface area contributed by atoms with Crippen LogP contribution >= 0.6 is 23.4 Å². The number of esters is 1. The SMILES string of the molecule is CC(C)OC(=O)c1ccccc1NC(=O)CSc1nc2ccc(Cl)cc2[nH]1. The summed E-state index contributed by atoms with van der Waals surface area (Å²) in [6.45, 7) is 3.55. The number of rotatable bonds is 6. The predicted molar refractivity (Wildman–Crippen MR) is 107 cm³/mol. The number of thioether (sulfide) groups is 1. The first-order chi connectivity index (χ1) is 12.9. The highest BCUT2D eigenvalue weighted by molar-refractivity contribution is 7.99. The molecule has 0 aliphatic heterocycles. The Kier molecular flexibility index (Phi) is 6.03. The van der Waals surface area contributed by atoms with Crippen LogP contribution in [0, 0.1) is 0 Å². The topological polar surface area (TPSA) is 84.1 Å². The lowest BCUT2D eigenvalue weighted by molar-refractivity contribution is -0.113. The monoisotopic (exact) mass is 403 g/mol. The first kappa shape index (κ1) is 19.3. The Morgan fingerprint density at radius 1 is 1.26 bits per heavy atom. The standard InChI is InChI=1S/C19H18ClN3O3S/c1-11(2)26-18(25)13-5-3-4-6-14(13)21-17(24)10-27-19-22-15-8-7-12(20)9-16(15)23-19/h3-9,11H,10H2,1-2H3,(H,21,24)(H,22,23). The zero-order valence-corrected chi connectivity index (χ0v) is 16.4. The quantitative estimate of drug-likeness (QED) is 0.467. The summed E-state index contributed by atoms with van der Waals surface area (Å²) in [7, 11) is 0. The van der Waals surface area contributed by atoms with E-state index in [4.69, 9.17) is 16.3 Å². The predicted octanol–water partition coefficient (Wildman–Crippen LogP) is 4.51. The fourth-order valence-corrected chi connectivity index (χ4v) is 3.25. The van der Waals surface area contributed by atoms with E-state index in [9.17, 15) is 9.59 Å². The van der Waals surface area contributed by atoms with Gasteiger partial charge in [0.05, 0.1) is 34.1 Å². The van der Waals surface area contributed by atoms with Crippen molar-refractivity contribution in [2.75, 3.05) is 11.1 Å². The number of hydrogen-bond acceptors (Lipinski definition) is 5. The van der Waals surface area contributed by atoms with Crippen LogP contribution in [0.25, 0.3) is 11.0 Å². The molecule has 2 aromatic carbocycles. The molecule has 0 bridgehead atoms. The number of ether oxygens (including phenoxy) is 1. The van der Waals surface area contributed by atoms with Crippen molar-refractivity contribution in [1.29, 1.82) is 0 Å². The van der Waals surface area contributed by atoms with Crippen molar-refractivity contribution in [2.24, 2.45) is 0 Å². The molecule has 2 N–H and O–H groups in total. The number of carbonyl (C=O) groups excluding carboxylic acids is 2. The van der Waals surface area contributed by atoms with E-state index in [1.807, 2.05) is 6.07 Å². The van der Waals surface area contributed by atoms with Gasteiger partial charge in [-0.1, -0.05) is 35.5 Å². The number of benzene rings is 2. The number of hydrogen-bond donors (Lipinski definition) is 2. The molecule has 0 saturated heterocycles. The van der Waals surface area contributed by atoms with Gasteiger partial charge in [0.2, 0.25) is 5.91 Å². The molecule has 0 aliphatic carbocycles. The highest BCUT2D eigenvalue weighted by Crippen LogP contribution is 2.23. The molecule has 0 spiro atoms. The lowest BCUT2D eigenvalue weighted by Crippen LogP contribution is -2.18. The Morgan fingerprint density at radius 3 is 2.81 bits per heavy atom. The van der Waals surface area contributed by atoms with Crippen LogP contribution in [0.5, 0.6) is 0 Å². The van der Waals surface area contributed by atoms with E-state index in [-0.39, 0.29) is 17.8 Å². The van der Waals surface area contributed by atoms with Gasteiger partial charge in [0, 0.05) is 5.02 Å². The minimum absolute atomic E-state index is 0.140. The molecule has 1 heterocycles. The summed E-state index contributed by atoms with van der Waals surface area (Å²) in [5.74, 6) is -0.577. The third-order valence-corrected chi connectivity index (χ3v) is 4.63. The van der Waals surface area contributed by atoms with E-state index in [0.29, 0.717) is 21.4 Å². The normalized spacial score (nSPS) is 11.0. The van der Waals surface area contributed by atoms with Gasteiger partial charge >= 0.3 is 5.97 Å². The molecule has 1 aromatic heterocycles. The van der Waals surface area contributed by atoms with Gasteiger partial charge in [-0.3, -0.25) is 4.79 Å². The highest BCUT2D eigenvalue weighted by atomic mass is 35.5. The number of imidazole rings is 1. The Bertz CT molecular complexity index is 987.